The third-order valence-corrected chi connectivity index (χ3v) is 7.51. The maximum atomic E-state index is 11.9. The maximum Gasteiger partial charge on any atom is 0.490 e. The monoisotopic (exact) mass is 497 g/mol. The Morgan fingerprint density at radius 1 is 1.13 bits per heavy atom. The number of nitrogens with zero attached hydrogens (tertiary/aromatic N) is 2. The van der Waals surface area contributed by atoms with Crippen molar-refractivity contribution >= 4 is 29.3 Å². The fourth-order valence-corrected chi connectivity index (χ4v) is 5.69. The first-order valence-corrected chi connectivity index (χ1v) is 12.2. The Morgan fingerprint density at radius 2 is 1.73 bits per heavy atom. The second-order valence-corrected chi connectivity index (χ2v) is 10.3. The summed E-state index contributed by atoms with van der Waals surface area (Å²) in [5.74, 6) is -0.123. The van der Waals surface area contributed by atoms with Crippen LogP contribution >= 0.6 is 23.5 Å². The van der Waals surface area contributed by atoms with E-state index in [-0.39, 0.29) is 5.82 Å². The first-order chi connectivity index (χ1) is 13.5. The lowest BCUT2D eigenvalue weighted by Crippen LogP contribution is -2.38. The zero-order valence-electron chi connectivity index (χ0n) is 14.8. The molecule has 0 bridgehead atoms. The van der Waals surface area contributed by atoms with E-state index in [2.05, 4.69) is 18.1 Å². The number of hydrogen-bond acceptors (Lipinski definition) is 12. The Bertz CT molecular complexity index is 978. The third kappa shape index (κ3) is 6.48. The van der Waals surface area contributed by atoms with Crippen LogP contribution in [0.1, 0.15) is 13.2 Å². The number of nitrogens with two attached hydrogens (primary N) is 1. The fraction of sp³-hybridized carbons (Fsp3) is 0.600. The molecule has 0 amide bonds. The summed E-state index contributed by atoms with van der Waals surface area (Å²) in [6.45, 7) is 1.03. The highest BCUT2D eigenvalue weighted by Gasteiger charge is 2.49. The molecule has 30 heavy (non-hydrogen) atoms. The van der Waals surface area contributed by atoms with E-state index >= 15 is 0 Å². The summed E-state index contributed by atoms with van der Waals surface area (Å²) < 4.78 is 51.6. The molecule has 2 heterocycles. The first-order valence-electron chi connectivity index (χ1n) is 7.70. The Kier molecular flexibility index (Phi) is 7.44. The predicted octanol–water partition coefficient (Wildman–Crippen LogP) is -1.82. The van der Waals surface area contributed by atoms with Crippen LogP contribution in [0.25, 0.3) is 0 Å². The van der Waals surface area contributed by atoms with E-state index in [0.717, 1.165) is 17.7 Å². The fourth-order valence-electron chi connectivity index (χ4n) is 2.49. The van der Waals surface area contributed by atoms with Crippen molar-refractivity contribution in [3.05, 3.63) is 22.7 Å². The van der Waals surface area contributed by atoms with Gasteiger partial charge in [0.1, 0.15) is 24.1 Å². The normalized spacial score (nSPS) is 29.8. The molecule has 0 spiro atoms. The van der Waals surface area contributed by atoms with Gasteiger partial charge in [0.05, 0.1) is 6.10 Å². The number of aliphatic hydroxyl groups excluding tert-OH is 2. The Morgan fingerprint density at radius 3 is 2.27 bits per heavy atom. The topological polar surface area (TPSA) is 270 Å². The standard InChI is InChI=1S/C10H18N3O14P3/c1-4(25-29(20,21)27-30(22,23)26-28(17,18)19)8-6(14)7(15)9(24-8)13-3-2-5(11)12-10(13)16/h2-4,6-9,14-15H,1H3,(H,20,21)(H,22,23)(H2,11,12,16)(H2,17,18,19)/t4-,6?,7-,8+,9+/m0/s1. The molecular weight excluding hydrogens is 479 g/mol. The van der Waals surface area contributed by atoms with E-state index in [0.29, 0.717) is 0 Å². The molecule has 2 rings (SSSR count). The SMILES string of the molecule is C[C@H](OP(=O)(O)OP(=O)(O)OP(=O)(O)O)[C@H]1O[C@@H](n2ccc(N)nc2=O)[C@@H](O)C1O. The van der Waals surface area contributed by atoms with Gasteiger partial charge in [-0.2, -0.15) is 13.6 Å². The molecule has 1 aliphatic heterocycles. The number of aromatic nitrogens is 2. The highest BCUT2D eigenvalue weighted by atomic mass is 31.3. The number of hydrogen-bond donors (Lipinski definition) is 7. The van der Waals surface area contributed by atoms with Gasteiger partial charge >= 0.3 is 29.2 Å². The summed E-state index contributed by atoms with van der Waals surface area (Å²) in [7, 11) is -16.8. The zero-order valence-corrected chi connectivity index (χ0v) is 17.5. The van der Waals surface area contributed by atoms with E-state index in [4.69, 9.17) is 25.2 Å². The average Bonchev–Trinajstić information content (AvgIpc) is 2.79. The first kappa shape index (κ1) is 25.2. The highest BCUT2D eigenvalue weighted by Crippen LogP contribution is 2.66. The smallest absolute Gasteiger partial charge is 0.387 e. The Balaban J connectivity index is 2.13. The van der Waals surface area contributed by atoms with E-state index < -0.39 is 59.8 Å². The second kappa shape index (κ2) is 8.84. The van der Waals surface area contributed by atoms with Gasteiger partial charge in [0.15, 0.2) is 6.23 Å². The molecule has 1 aromatic rings. The number of rotatable bonds is 8. The number of anilines is 1. The lowest BCUT2D eigenvalue weighted by molar-refractivity contribution is -0.0781. The maximum absolute atomic E-state index is 11.9. The summed E-state index contributed by atoms with van der Waals surface area (Å²) in [5, 5.41) is 20.3. The van der Waals surface area contributed by atoms with Crippen LogP contribution in [-0.4, -0.2) is 63.8 Å². The summed E-state index contributed by atoms with van der Waals surface area (Å²) in [6.07, 6.45) is -7.09. The summed E-state index contributed by atoms with van der Waals surface area (Å²) in [6, 6.07) is 1.20. The quantitative estimate of drug-likeness (QED) is 0.195. The van der Waals surface area contributed by atoms with E-state index in [1.165, 1.54) is 6.07 Å². The predicted molar refractivity (Wildman–Crippen MR) is 93.2 cm³/mol. The summed E-state index contributed by atoms with van der Waals surface area (Å²) in [5.41, 5.74) is 4.41. The average molecular weight is 497 g/mol. The molecule has 8 N–H and O–H groups in total. The number of phosphoric acid groups is 3. The molecule has 0 saturated carbocycles. The van der Waals surface area contributed by atoms with Gasteiger partial charge in [-0.05, 0) is 13.0 Å². The van der Waals surface area contributed by atoms with Crippen molar-refractivity contribution in [2.75, 3.05) is 5.73 Å². The summed E-state index contributed by atoms with van der Waals surface area (Å²) >= 11 is 0. The van der Waals surface area contributed by atoms with Crippen LogP contribution < -0.4 is 11.4 Å². The van der Waals surface area contributed by atoms with Gasteiger partial charge in [0.25, 0.3) is 0 Å². The minimum Gasteiger partial charge on any atom is -0.387 e. The Hall–Kier alpha value is -1.03. The van der Waals surface area contributed by atoms with Crippen molar-refractivity contribution in [3.63, 3.8) is 0 Å². The molecule has 7 atom stereocenters. The molecule has 1 saturated heterocycles. The summed E-state index contributed by atoms with van der Waals surface area (Å²) in [4.78, 5) is 51.0. The lowest BCUT2D eigenvalue weighted by atomic mass is 10.1. The van der Waals surface area contributed by atoms with E-state index in [1.807, 2.05) is 0 Å². The van der Waals surface area contributed by atoms with Gasteiger partial charge in [-0.15, -0.1) is 0 Å². The van der Waals surface area contributed by atoms with Crippen LogP contribution in [0.2, 0.25) is 0 Å². The molecule has 0 radical (unpaired) electrons. The second-order valence-electron chi connectivity index (χ2n) is 5.92. The molecule has 1 aliphatic rings. The van der Waals surface area contributed by atoms with Crippen molar-refractivity contribution in [1.29, 1.82) is 0 Å². The van der Waals surface area contributed by atoms with Crippen molar-refractivity contribution in [3.8, 4) is 0 Å². The van der Waals surface area contributed by atoms with Gasteiger partial charge < -0.3 is 40.3 Å². The highest BCUT2D eigenvalue weighted by molar-refractivity contribution is 7.66. The van der Waals surface area contributed by atoms with Crippen LogP contribution in [0.4, 0.5) is 5.82 Å². The van der Waals surface area contributed by atoms with Gasteiger partial charge in [-0.1, -0.05) is 0 Å². The Labute approximate surface area is 167 Å². The van der Waals surface area contributed by atoms with Crippen LogP contribution in [0.15, 0.2) is 17.1 Å². The van der Waals surface area contributed by atoms with Crippen molar-refractivity contribution in [2.24, 2.45) is 0 Å². The number of ether oxygens (including phenoxy) is 1. The number of phosphoric ester groups is 1. The van der Waals surface area contributed by atoms with Crippen molar-refractivity contribution < 1.29 is 61.4 Å². The lowest BCUT2D eigenvalue weighted by Gasteiger charge is -2.24. The molecular formula is C10H18N3O14P3. The largest absolute Gasteiger partial charge is 0.490 e. The molecule has 17 nitrogen and oxygen atoms in total. The van der Waals surface area contributed by atoms with Crippen molar-refractivity contribution in [1.82, 2.24) is 9.55 Å². The molecule has 3 unspecified atom stereocenters. The molecule has 0 aromatic carbocycles. The molecule has 0 aliphatic carbocycles. The van der Waals surface area contributed by atoms with Crippen molar-refractivity contribution in [2.45, 2.75) is 37.6 Å². The van der Waals surface area contributed by atoms with Gasteiger partial charge in [0, 0.05) is 6.20 Å². The number of aliphatic hydroxyl groups is 2. The third-order valence-electron chi connectivity index (χ3n) is 3.58. The van der Waals surface area contributed by atoms with Gasteiger partial charge in [-0.3, -0.25) is 9.09 Å². The molecule has 20 heteroatoms. The van der Waals surface area contributed by atoms with Crippen LogP contribution in [-0.2, 0) is 31.6 Å². The molecule has 1 aromatic heterocycles. The van der Waals surface area contributed by atoms with E-state index in [1.54, 1.807) is 0 Å². The van der Waals surface area contributed by atoms with Gasteiger partial charge in [0.2, 0.25) is 0 Å². The molecule has 1 fully saturated rings. The van der Waals surface area contributed by atoms with Crippen LogP contribution in [0, 0.1) is 0 Å². The minimum absolute atomic E-state index is 0.123. The zero-order chi connectivity index (χ0) is 23.1. The number of nitrogen functional groups attached to an aromatic ring is 1. The van der Waals surface area contributed by atoms with Gasteiger partial charge in [-0.25, -0.2) is 18.5 Å². The van der Waals surface area contributed by atoms with Crippen LogP contribution in [0.3, 0.4) is 0 Å². The molecule has 172 valence electrons. The minimum atomic E-state index is -5.74. The van der Waals surface area contributed by atoms with E-state index in [9.17, 15) is 33.6 Å². The van der Waals surface area contributed by atoms with Crippen LogP contribution in [0.5, 0.6) is 0 Å².